The first-order valence-electron chi connectivity index (χ1n) is 7.17. The van der Waals surface area contributed by atoms with Crippen molar-refractivity contribution in [2.45, 2.75) is 0 Å². The summed E-state index contributed by atoms with van der Waals surface area (Å²) in [4.78, 5) is 9.14. The van der Waals surface area contributed by atoms with Crippen molar-refractivity contribution in [1.82, 2.24) is 9.88 Å². The number of rotatable bonds is 5. The molecule has 1 fully saturated rings. The van der Waals surface area contributed by atoms with Gasteiger partial charge in [0, 0.05) is 56.5 Å². The Labute approximate surface area is 128 Å². The number of hydrogen-bond donors (Lipinski definition) is 1. The van der Waals surface area contributed by atoms with Crippen molar-refractivity contribution in [3.05, 3.63) is 41.7 Å². The van der Waals surface area contributed by atoms with Crippen molar-refractivity contribution >= 4 is 22.2 Å². The van der Waals surface area contributed by atoms with E-state index < -0.39 is 0 Å². The van der Waals surface area contributed by atoms with Gasteiger partial charge in [0.1, 0.15) is 5.82 Å². The summed E-state index contributed by atoms with van der Waals surface area (Å²) in [5.74, 6) is -0.196. The molecule has 112 valence electrons. The molecule has 0 amide bonds. The molecule has 0 saturated carbocycles. The molecule has 21 heavy (non-hydrogen) atoms. The summed E-state index contributed by atoms with van der Waals surface area (Å²) in [5, 5.41) is 6.47. The smallest absolute Gasteiger partial charge is 0.185 e. The van der Waals surface area contributed by atoms with Gasteiger partial charge in [0.2, 0.25) is 0 Å². The van der Waals surface area contributed by atoms with Gasteiger partial charge in [-0.2, -0.15) is 0 Å². The van der Waals surface area contributed by atoms with Crippen molar-refractivity contribution in [2.24, 2.45) is 0 Å². The fourth-order valence-corrected chi connectivity index (χ4v) is 3.16. The highest BCUT2D eigenvalue weighted by Gasteiger charge is 2.17. The Kier molecular flexibility index (Phi) is 4.67. The number of nitrogens with zero attached hydrogens (tertiary/aromatic N) is 3. The normalized spacial score (nSPS) is 16.1. The lowest BCUT2D eigenvalue weighted by Crippen LogP contribution is -2.47. The summed E-state index contributed by atoms with van der Waals surface area (Å²) >= 11 is 1.70. The summed E-state index contributed by atoms with van der Waals surface area (Å²) in [6.07, 6.45) is 1.86. The molecule has 1 saturated heterocycles. The van der Waals surface area contributed by atoms with Gasteiger partial charge in [-0.3, -0.25) is 4.90 Å². The molecule has 1 N–H and O–H groups in total. The molecule has 2 aromatic rings. The molecule has 0 atom stereocenters. The van der Waals surface area contributed by atoms with Gasteiger partial charge < -0.3 is 10.2 Å². The maximum absolute atomic E-state index is 12.8. The van der Waals surface area contributed by atoms with Gasteiger partial charge in [0.15, 0.2) is 5.13 Å². The van der Waals surface area contributed by atoms with E-state index in [9.17, 15) is 4.39 Å². The van der Waals surface area contributed by atoms with Crippen LogP contribution < -0.4 is 10.2 Å². The highest BCUT2D eigenvalue weighted by molar-refractivity contribution is 7.13. The van der Waals surface area contributed by atoms with Gasteiger partial charge >= 0.3 is 0 Å². The number of piperazine rings is 1. The van der Waals surface area contributed by atoms with Crippen LogP contribution in [0.3, 0.4) is 0 Å². The third-order valence-electron chi connectivity index (χ3n) is 3.66. The van der Waals surface area contributed by atoms with Crippen molar-refractivity contribution in [3.8, 4) is 0 Å². The quantitative estimate of drug-likeness (QED) is 0.920. The third kappa shape index (κ3) is 3.92. The molecular formula is C15H19FN4S. The highest BCUT2D eigenvalue weighted by Crippen LogP contribution is 2.18. The van der Waals surface area contributed by atoms with Gasteiger partial charge in [0.05, 0.1) is 0 Å². The molecule has 4 nitrogen and oxygen atoms in total. The van der Waals surface area contributed by atoms with Gasteiger partial charge in [-0.15, -0.1) is 11.3 Å². The standard InChI is InChI=1S/C15H19FN4S/c16-13-1-3-14(4-2-13)17-5-7-19-8-10-20(11-9-19)15-18-6-12-21-15/h1-4,6,12,17H,5,7-11H2. The van der Waals surface area contributed by atoms with Crippen molar-refractivity contribution < 1.29 is 4.39 Å². The number of benzene rings is 1. The lowest BCUT2D eigenvalue weighted by Gasteiger charge is -2.34. The van der Waals surface area contributed by atoms with Crippen LogP contribution in [0.15, 0.2) is 35.8 Å². The molecule has 6 heteroatoms. The van der Waals surface area contributed by atoms with E-state index in [0.717, 1.165) is 50.1 Å². The van der Waals surface area contributed by atoms with E-state index in [1.165, 1.54) is 12.1 Å². The van der Waals surface area contributed by atoms with E-state index in [4.69, 9.17) is 0 Å². The molecule has 3 rings (SSSR count). The van der Waals surface area contributed by atoms with E-state index in [1.54, 1.807) is 23.5 Å². The lowest BCUT2D eigenvalue weighted by atomic mass is 10.3. The fourth-order valence-electron chi connectivity index (χ4n) is 2.46. The topological polar surface area (TPSA) is 31.4 Å². The predicted molar refractivity (Wildman–Crippen MR) is 85.7 cm³/mol. The van der Waals surface area contributed by atoms with Crippen molar-refractivity contribution in [3.63, 3.8) is 0 Å². The Morgan fingerprint density at radius 1 is 1.14 bits per heavy atom. The number of anilines is 2. The SMILES string of the molecule is Fc1ccc(NCCN2CCN(c3nccs3)CC2)cc1. The van der Waals surface area contributed by atoms with E-state index in [2.05, 4.69) is 20.1 Å². The summed E-state index contributed by atoms with van der Waals surface area (Å²) in [6, 6.07) is 6.51. The first kappa shape index (κ1) is 14.3. The maximum Gasteiger partial charge on any atom is 0.185 e. The second-order valence-electron chi connectivity index (χ2n) is 5.08. The molecule has 0 aliphatic carbocycles. The molecule has 1 aromatic carbocycles. The van der Waals surface area contributed by atoms with E-state index >= 15 is 0 Å². The number of thiazole rings is 1. The average molecular weight is 306 g/mol. The summed E-state index contributed by atoms with van der Waals surface area (Å²) in [6.45, 7) is 6.06. The van der Waals surface area contributed by atoms with Crippen LogP contribution in [0.1, 0.15) is 0 Å². The molecule has 0 bridgehead atoms. The first-order chi connectivity index (χ1) is 10.3. The molecule has 1 aromatic heterocycles. The summed E-state index contributed by atoms with van der Waals surface area (Å²) < 4.78 is 12.8. The van der Waals surface area contributed by atoms with Crippen molar-refractivity contribution in [2.75, 3.05) is 49.5 Å². The first-order valence-corrected chi connectivity index (χ1v) is 8.05. The average Bonchev–Trinajstić information content (AvgIpc) is 3.04. The van der Waals surface area contributed by atoms with Crippen LogP contribution in [-0.4, -0.2) is 49.2 Å². The number of hydrogen-bond acceptors (Lipinski definition) is 5. The second kappa shape index (κ2) is 6.87. The Morgan fingerprint density at radius 2 is 1.90 bits per heavy atom. The van der Waals surface area contributed by atoms with Crippen LogP contribution in [0.25, 0.3) is 0 Å². The van der Waals surface area contributed by atoms with E-state index in [1.807, 2.05) is 11.6 Å². The molecular weight excluding hydrogens is 287 g/mol. The van der Waals surface area contributed by atoms with Crippen LogP contribution in [0.2, 0.25) is 0 Å². The fraction of sp³-hybridized carbons (Fsp3) is 0.400. The minimum Gasteiger partial charge on any atom is -0.384 e. The zero-order chi connectivity index (χ0) is 14.5. The Balaban J connectivity index is 1.38. The number of aromatic nitrogens is 1. The largest absolute Gasteiger partial charge is 0.384 e. The maximum atomic E-state index is 12.8. The third-order valence-corrected chi connectivity index (χ3v) is 4.50. The summed E-state index contributed by atoms with van der Waals surface area (Å²) in [7, 11) is 0. The molecule has 0 unspecified atom stereocenters. The van der Waals surface area contributed by atoms with Crippen LogP contribution in [-0.2, 0) is 0 Å². The zero-order valence-corrected chi connectivity index (χ0v) is 12.7. The van der Waals surface area contributed by atoms with E-state index in [0.29, 0.717) is 0 Å². The minimum absolute atomic E-state index is 0.196. The number of halogens is 1. The van der Waals surface area contributed by atoms with Crippen LogP contribution in [0.5, 0.6) is 0 Å². The second-order valence-corrected chi connectivity index (χ2v) is 5.95. The minimum atomic E-state index is -0.196. The predicted octanol–water partition coefficient (Wildman–Crippen LogP) is 2.52. The highest BCUT2D eigenvalue weighted by atomic mass is 32.1. The monoisotopic (exact) mass is 306 g/mol. The van der Waals surface area contributed by atoms with Gasteiger partial charge in [-0.05, 0) is 24.3 Å². The Morgan fingerprint density at radius 3 is 2.57 bits per heavy atom. The van der Waals surface area contributed by atoms with E-state index in [-0.39, 0.29) is 5.82 Å². The summed E-state index contributed by atoms with van der Waals surface area (Å²) in [5.41, 5.74) is 0.970. The van der Waals surface area contributed by atoms with Crippen LogP contribution >= 0.6 is 11.3 Å². The van der Waals surface area contributed by atoms with Gasteiger partial charge in [-0.25, -0.2) is 9.37 Å². The molecule has 0 spiro atoms. The van der Waals surface area contributed by atoms with Gasteiger partial charge in [0.25, 0.3) is 0 Å². The Bertz CT molecular complexity index is 535. The van der Waals surface area contributed by atoms with Crippen molar-refractivity contribution in [1.29, 1.82) is 0 Å². The zero-order valence-electron chi connectivity index (χ0n) is 11.8. The molecule has 2 heterocycles. The lowest BCUT2D eigenvalue weighted by molar-refractivity contribution is 0.267. The number of nitrogens with one attached hydrogen (secondary N) is 1. The van der Waals surface area contributed by atoms with Crippen LogP contribution in [0, 0.1) is 5.82 Å². The Hall–Kier alpha value is -1.66. The molecule has 1 aliphatic heterocycles. The van der Waals surface area contributed by atoms with Gasteiger partial charge in [-0.1, -0.05) is 0 Å². The van der Waals surface area contributed by atoms with Crippen LogP contribution in [0.4, 0.5) is 15.2 Å². The molecule has 0 radical (unpaired) electrons. The molecule has 1 aliphatic rings.